The van der Waals surface area contributed by atoms with Gasteiger partial charge in [0.1, 0.15) is 11.8 Å². The molecule has 4 rings (SSSR count). The fourth-order valence-corrected chi connectivity index (χ4v) is 6.23. The van der Waals surface area contributed by atoms with Gasteiger partial charge in [0.2, 0.25) is 11.8 Å². The molecule has 43 heavy (non-hydrogen) atoms. The van der Waals surface area contributed by atoms with Crippen molar-refractivity contribution in [3.05, 3.63) is 71.3 Å². The minimum absolute atomic E-state index is 0.0249. The van der Waals surface area contributed by atoms with Crippen molar-refractivity contribution in [3.63, 3.8) is 0 Å². The number of benzene rings is 2. The number of hydrogen-bond donors (Lipinski definition) is 3. The smallest absolute Gasteiger partial charge is 0.307 e. The molecule has 0 aromatic heterocycles. The van der Waals surface area contributed by atoms with Crippen LogP contribution in [0, 0.1) is 11.8 Å². The Morgan fingerprint density at radius 2 is 1.60 bits per heavy atom. The summed E-state index contributed by atoms with van der Waals surface area (Å²) in [7, 11) is 0. The largest absolute Gasteiger partial charge is 0.481 e. The van der Waals surface area contributed by atoms with Crippen molar-refractivity contribution in [2.75, 3.05) is 13.1 Å². The van der Waals surface area contributed by atoms with E-state index in [1.807, 2.05) is 54.6 Å². The van der Waals surface area contributed by atoms with Gasteiger partial charge in [-0.2, -0.15) is 0 Å². The topological polar surface area (TPSA) is 116 Å². The molecule has 4 atom stereocenters. The molecule has 0 aliphatic carbocycles. The van der Waals surface area contributed by atoms with E-state index in [1.54, 1.807) is 4.90 Å². The lowest BCUT2D eigenvalue weighted by Crippen LogP contribution is -2.53. The van der Waals surface area contributed by atoms with Gasteiger partial charge in [0.05, 0.1) is 12.0 Å². The molecule has 0 saturated carbocycles. The van der Waals surface area contributed by atoms with Gasteiger partial charge in [-0.3, -0.25) is 19.2 Å². The Morgan fingerprint density at radius 1 is 0.907 bits per heavy atom. The van der Waals surface area contributed by atoms with Crippen molar-refractivity contribution in [3.8, 4) is 0 Å². The second-order valence-corrected chi connectivity index (χ2v) is 12.7. The fraction of sp³-hybridized carbons (Fsp3) is 0.543. The molecule has 2 aromatic rings. The average molecular weight is 590 g/mol. The summed E-state index contributed by atoms with van der Waals surface area (Å²) in [4.78, 5) is 53.8. The average Bonchev–Trinajstić information content (AvgIpc) is 3.70. The van der Waals surface area contributed by atoms with Crippen LogP contribution in [0.4, 0.5) is 0 Å². The van der Waals surface area contributed by atoms with Crippen molar-refractivity contribution in [2.45, 2.75) is 96.2 Å². The lowest BCUT2D eigenvalue weighted by Gasteiger charge is -2.28. The summed E-state index contributed by atoms with van der Waals surface area (Å²) in [5.74, 6) is -1.69. The summed E-state index contributed by atoms with van der Waals surface area (Å²) in [5, 5.41) is 16.3. The normalized spacial score (nSPS) is 19.7. The van der Waals surface area contributed by atoms with E-state index in [0.29, 0.717) is 25.3 Å². The number of hydrogen-bond acceptors (Lipinski definition) is 5. The first-order valence-electron chi connectivity index (χ1n) is 15.9. The highest BCUT2D eigenvalue weighted by molar-refractivity contribution is 5.91. The zero-order chi connectivity index (χ0) is 30.8. The third kappa shape index (κ3) is 9.75. The van der Waals surface area contributed by atoms with E-state index in [9.17, 15) is 24.3 Å². The molecule has 8 nitrogen and oxygen atoms in total. The molecule has 8 heteroatoms. The van der Waals surface area contributed by atoms with Gasteiger partial charge >= 0.3 is 5.97 Å². The molecule has 2 saturated heterocycles. The molecule has 2 aliphatic heterocycles. The third-order valence-electron chi connectivity index (χ3n) is 8.68. The van der Waals surface area contributed by atoms with Gasteiger partial charge < -0.3 is 20.6 Å². The number of amides is 2. The Hall–Kier alpha value is -3.52. The van der Waals surface area contributed by atoms with Crippen LogP contribution < -0.4 is 10.6 Å². The predicted octanol–water partition coefficient (Wildman–Crippen LogP) is 4.34. The Bertz CT molecular complexity index is 1220. The van der Waals surface area contributed by atoms with E-state index in [0.717, 1.165) is 49.8 Å². The zero-order valence-electron chi connectivity index (χ0n) is 25.6. The number of nitrogens with zero attached hydrogens (tertiary/aromatic N) is 1. The van der Waals surface area contributed by atoms with Gasteiger partial charge in [0, 0.05) is 25.4 Å². The molecule has 232 valence electrons. The molecule has 2 heterocycles. The van der Waals surface area contributed by atoms with E-state index >= 15 is 0 Å². The van der Waals surface area contributed by atoms with Gasteiger partial charge in [-0.15, -0.1) is 0 Å². The molecule has 2 aliphatic rings. The van der Waals surface area contributed by atoms with Crippen LogP contribution in [0.25, 0.3) is 0 Å². The number of carboxylic acid groups (broad SMARTS) is 1. The van der Waals surface area contributed by atoms with Gasteiger partial charge in [-0.25, -0.2) is 0 Å². The second kappa shape index (κ2) is 15.8. The molecule has 0 spiro atoms. The van der Waals surface area contributed by atoms with Crippen LogP contribution in [0.2, 0.25) is 0 Å². The summed E-state index contributed by atoms with van der Waals surface area (Å²) in [6.07, 6.45) is 5.80. The maximum atomic E-state index is 13.5. The van der Waals surface area contributed by atoms with Crippen LogP contribution >= 0.6 is 0 Å². The monoisotopic (exact) mass is 589 g/mol. The zero-order valence-corrected chi connectivity index (χ0v) is 25.6. The summed E-state index contributed by atoms with van der Waals surface area (Å²) >= 11 is 0. The molecule has 2 amide bonds. The van der Waals surface area contributed by atoms with Gasteiger partial charge in [0.15, 0.2) is 0 Å². The summed E-state index contributed by atoms with van der Waals surface area (Å²) in [6.45, 7) is 5.75. The third-order valence-corrected chi connectivity index (χ3v) is 8.68. The van der Waals surface area contributed by atoms with E-state index in [-0.39, 0.29) is 42.9 Å². The quantitative estimate of drug-likeness (QED) is 0.285. The highest BCUT2D eigenvalue weighted by Crippen LogP contribution is 2.22. The van der Waals surface area contributed by atoms with E-state index in [1.165, 1.54) is 5.56 Å². The molecule has 0 unspecified atom stereocenters. The van der Waals surface area contributed by atoms with Crippen molar-refractivity contribution in [1.82, 2.24) is 15.5 Å². The first-order valence-corrected chi connectivity index (χ1v) is 15.9. The molecule has 0 bridgehead atoms. The van der Waals surface area contributed by atoms with Crippen LogP contribution in [-0.4, -0.2) is 64.8 Å². The molecule has 2 aromatic carbocycles. The Balaban J connectivity index is 1.39. The van der Waals surface area contributed by atoms with Gasteiger partial charge in [-0.05, 0) is 80.5 Å². The highest BCUT2D eigenvalue weighted by Gasteiger charge is 2.38. The first-order chi connectivity index (χ1) is 20.7. The number of carbonyl (C=O) groups excluding carboxylic acids is 3. The Morgan fingerprint density at radius 3 is 2.26 bits per heavy atom. The summed E-state index contributed by atoms with van der Waals surface area (Å²) in [6, 6.07) is 16.4. The molecular weight excluding hydrogens is 542 g/mol. The number of ketones is 1. The SMILES string of the molecule is CC(C)CCc1ccc(C[C@H](CC(=O)C[C@H](Cc2ccccc2)NC(=O)[C@@H]2CCCN2C(=O)[C@@H]2CCCN2)C(=O)O)cc1. The molecular formula is C35H47N3O5. The maximum Gasteiger partial charge on any atom is 0.307 e. The fourth-order valence-electron chi connectivity index (χ4n) is 6.23. The van der Waals surface area contributed by atoms with Crippen LogP contribution in [0.5, 0.6) is 0 Å². The molecule has 0 radical (unpaired) electrons. The van der Waals surface area contributed by atoms with Gasteiger partial charge in [-0.1, -0.05) is 68.4 Å². The van der Waals surface area contributed by atoms with Crippen molar-refractivity contribution in [1.29, 1.82) is 0 Å². The van der Waals surface area contributed by atoms with Crippen LogP contribution in [0.3, 0.4) is 0 Å². The number of likely N-dealkylation sites (tertiary alicyclic amines) is 1. The predicted molar refractivity (Wildman–Crippen MR) is 167 cm³/mol. The van der Waals surface area contributed by atoms with Crippen LogP contribution in [-0.2, 0) is 38.4 Å². The number of carbonyl (C=O) groups is 4. The highest BCUT2D eigenvalue weighted by atomic mass is 16.4. The van der Waals surface area contributed by atoms with Gasteiger partial charge in [0.25, 0.3) is 0 Å². The molecule has 3 N–H and O–H groups in total. The van der Waals surface area contributed by atoms with E-state index < -0.39 is 24.0 Å². The second-order valence-electron chi connectivity index (χ2n) is 12.7. The lowest BCUT2D eigenvalue weighted by atomic mass is 9.90. The Kier molecular flexibility index (Phi) is 11.9. The van der Waals surface area contributed by atoms with Crippen LogP contribution in [0.1, 0.15) is 75.5 Å². The number of aliphatic carboxylic acids is 1. The number of Topliss-reactive ketones (excluding diaryl/α,β-unsaturated/α-hetero) is 1. The number of carboxylic acids is 1. The lowest BCUT2D eigenvalue weighted by molar-refractivity contribution is -0.144. The van der Waals surface area contributed by atoms with E-state index in [4.69, 9.17) is 0 Å². The minimum Gasteiger partial charge on any atom is -0.481 e. The maximum absolute atomic E-state index is 13.5. The molecule has 2 fully saturated rings. The minimum atomic E-state index is -0.999. The van der Waals surface area contributed by atoms with E-state index in [2.05, 4.69) is 24.5 Å². The summed E-state index contributed by atoms with van der Waals surface area (Å²) < 4.78 is 0. The standard InChI is InChI=1S/C35H47N3O5/c1-24(2)12-13-25-14-16-27(17-15-25)20-28(35(42)43)22-30(39)23-29(21-26-8-4-3-5-9-26)37-33(40)32-11-7-19-38(32)34(41)31-10-6-18-36-31/h3-5,8-9,14-17,24,28-29,31-32,36H,6-7,10-13,18-23H2,1-2H3,(H,37,40)(H,42,43)/t28-,29+,31+,32+/m1/s1. The van der Waals surface area contributed by atoms with Crippen LogP contribution in [0.15, 0.2) is 54.6 Å². The van der Waals surface area contributed by atoms with Crippen molar-refractivity contribution in [2.24, 2.45) is 11.8 Å². The van der Waals surface area contributed by atoms with Crippen molar-refractivity contribution < 1.29 is 24.3 Å². The number of nitrogens with one attached hydrogen (secondary N) is 2. The number of rotatable bonds is 15. The Labute approximate surface area is 255 Å². The summed E-state index contributed by atoms with van der Waals surface area (Å²) in [5.41, 5.74) is 3.09. The van der Waals surface area contributed by atoms with Crippen molar-refractivity contribution >= 4 is 23.6 Å². The first kappa shape index (κ1) is 32.4. The number of aryl methyl sites for hydroxylation is 1.